The van der Waals surface area contributed by atoms with Crippen LogP contribution in [0, 0.1) is 19.7 Å². The molecule has 0 radical (unpaired) electrons. The fourth-order valence-corrected chi connectivity index (χ4v) is 2.44. The summed E-state index contributed by atoms with van der Waals surface area (Å²) in [6.45, 7) is 7.95. The molecule has 0 aliphatic carbocycles. The second-order valence-electron chi connectivity index (χ2n) is 5.50. The van der Waals surface area contributed by atoms with Crippen LogP contribution in [0.3, 0.4) is 0 Å². The Bertz CT molecular complexity index is 590. The van der Waals surface area contributed by atoms with Crippen LogP contribution in [0.15, 0.2) is 24.4 Å². The molecule has 2 aromatic rings. The lowest BCUT2D eigenvalue weighted by molar-refractivity contribution is 0.625. The van der Waals surface area contributed by atoms with Crippen molar-refractivity contribution in [2.45, 2.75) is 46.6 Å². The maximum absolute atomic E-state index is 13.1. The Hall–Kier alpha value is -1.84. The van der Waals surface area contributed by atoms with Gasteiger partial charge in [-0.3, -0.25) is 0 Å². The van der Waals surface area contributed by atoms with Gasteiger partial charge in [0.05, 0.1) is 5.69 Å². The van der Waals surface area contributed by atoms with E-state index in [0.29, 0.717) is 0 Å². The van der Waals surface area contributed by atoms with Crippen LogP contribution in [0.25, 0.3) is 0 Å². The van der Waals surface area contributed by atoms with Crippen LogP contribution < -0.4 is 5.32 Å². The second kappa shape index (κ2) is 7.25. The number of aromatic nitrogens is 2. The van der Waals surface area contributed by atoms with E-state index in [1.807, 2.05) is 19.9 Å². The fourth-order valence-electron chi connectivity index (χ4n) is 2.44. The highest BCUT2D eigenvalue weighted by atomic mass is 19.1. The van der Waals surface area contributed by atoms with Gasteiger partial charge in [0.1, 0.15) is 5.82 Å². The first-order chi connectivity index (χ1) is 10.1. The van der Waals surface area contributed by atoms with Gasteiger partial charge in [0, 0.05) is 19.3 Å². The summed E-state index contributed by atoms with van der Waals surface area (Å²) >= 11 is 0. The number of anilines is 1. The SMILES string of the molecule is CCCCn1cc(C)nc1NCCc1ccc(F)cc1C. The molecule has 2 rings (SSSR count). The molecular weight excluding hydrogens is 265 g/mol. The van der Waals surface area contributed by atoms with Gasteiger partial charge < -0.3 is 9.88 Å². The van der Waals surface area contributed by atoms with E-state index in [4.69, 9.17) is 0 Å². The van der Waals surface area contributed by atoms with Gasteiger partial charge in [0.2, 0.25) is 5.95 Å². The number of nitrogens with zero attached hydrogens (tertiary/aromatic N) is 2. The van der Waals surface area contributed by atoms with Crippen LogP contribution in [-0.2, 0) is 13.0 Å². The van der Waals surface area contributed by atoms with E-state index in [0.717, 1.165) is 43.1 Å². The Labute approximate surface area is 126 Å². The van der Waals surface area contributed by atoms with Gasteiger partial charge in [-0.1, -0.05) is 19.4 Å². The van der Waals surface area contributed by atoms with Crippen molar-refractivity contribution < 1.29 is 4.39 Å². The van der Waals surface area contributed by atoms with Gasteiger partial charge in [-0.25, -0.2) is 9.37 Å². The Kier molecular flexibility index (Phi) is 5.37. The number of aryl methyl sites for hydroxylation is 3. The molecule has 0 spiro atoms. The van der Waals surface area contributed by atoms with Crippen molar-refractivity contribution in [3.8, 4) is 0 Å². The summed E-state index contributed by atoms with van der Waals surface area (Å²) in [5, 5.41) is 3.39. The average Bonchev–Trinajstić information content (AvgIpc) is 2.79. The Morgan fingerprint density at radius 1 is 1.29 bits per heavy atom. The van der Waals surface area contributed by atoms with Crippen molar-refractivity contribution in [2.75, 3.05) is 11.9 Å². The molecule has 21 heavy (non-hydrogen) atoms. The molecular formula is C17H24FN3. The highest BCUT2D eigenvalue weighted by Gasteiger charge is 2.05. The van der Waals surface area contributed by atoms with Gasteiger partial charge in [-0.2, -0.15) is 0 Å². The molecule has 3 nitrogen and oxygen atoms in total. The molecule has 1 heterocycles. The third-order valence-corrected chi connectivity index (χ3v) is 3.63. The number of nitrogens with one attached hydrogen (secondary N) is 1. The van der Waals surface area contributed by atoms with Gasteiger partial charge in [0.15, 0.2) is 0 Å². The molecule has 0 saturated heterocycles. The molecule has 0 atom stereocenters. The quantitative estimate of drug-likeness (QED) is 0.832. The summed E-state index contributed by atoms with van der Waals surface area (Å²) in [5.74, 6) is 0.760. The van der Waals surface area contributed by atoms with E-state index in [-0.39, 0.29) is 5.82 Å². The average molecular weight is 289 g/mol. The number of imidazole rings is 1. The first-order valence-corrected chi connectivity index (χ1v) is 7.63. The summed E-state index contributed by atoms with van der Waals surface area (Å²) in [4.78, 5) is 4.52. The van der Waals surface area contributed by atoms with E-state index in [9.17, 15) is 4.39 Å². The Balaban J connectivity index is 1.93. The van der Waals surface area contributed by atoms with Crippen LogP contribution in [0.5, 0.6) is 0 Å². The minimum atomic E-state index is -0.171. The molecule has 0 unspecified atom stereocenters. The summed E-state index contributed by atoms with van der Waals surface area (Å²) in [6, 6.07) is 4.97. The predicted octanol–water partition coefficient (Wildman–Crippen LogP) is 4.09. The molecule has 0 bridgehead atoms. The minimum Gasteiger partial charge on any atom is -0.355 e. The lowest BCUT2D eigenvalue weighted by Crippen LogP contribution is -2.11. The summed E-state index contributed by atoms with van der Waals surface area (Å²) in [5.41, 5.74) is 3.21. The number of benzene rings is 1. The Morgan fingerprint density at radius 3 is 2.81 bits per heavy atom. The standard InChI is InChI=1S/C17H24FN3/c1-4-5-10-21-12-14(3)20-17(21)19-9-8-15-6-7-16(18)11-13(15)2/h6-7,11-12H,4-5,8-10H2,1-3H3,(H,19,20). The van der Waals surface area contributed by atoms with Crippen LogP contribution in [0.1, 0.15) is 36.6 Å². The van der Waals surface area contributed by atoms with E-state index < -0.39 is 0 Å². The highest BCUT2D eigenvalue weighted by molar-refractivity contribution is 5.31. The van der Waals surface area contributed by atoms with Crippen LogP contribution >= 0.6 is 0 Å². The van der Waals surface area contributed by atoms with Crippen molar-refractivity contribution in [1.29, 1.82) is 0 Å². The van der Waals surface area contributed by atoms with Crippen molar-refractivity contribution in [3.63, 3.8) is 0 Å². The van der Waals surface area contributed by atoms with E-state index >= 15 is 0 Å². The normalized spacial score (nSPS) is 10.9. The van der Waals surface area contributed by atoms with E-state index in [1.165, 1.54) is 18.1 Å². The minimum absolute atomic E-state index is 0.171. The van der Waals surface area contributed by atoms with Crippen LogP contribution in [-0.4, -0.2) is 16.1 Å². The highest BCUT2D eigenvalue weighted by Crippen LogP contribution is 2.13. The zero-order valence-corrected chi connectivity index (χ0v) is 13.1. The summed E-state index contributed by atoms with van der Waals surface area (Å²) < 4.78 is 15.3. The molecule has 114 valence electrons. The zero-order chi connectivity index (χ0) is 15.2. The fraction of sp³-hybridized carbons (Fsp3) is 0.471. The van der Waals surface area contributed by atoms with Gasteiger partial charge >= 0.3 is 0 Å². The smallest absolute Gasteiger partial charge is 0.203 e. The third-order valence-electron chi connectivity index (χ3n) is 3.63. The predicted molar refractivity (Wildman–Crippen MR) is 85.2 cm³/mol. The molecule has 1 N–H and O–H groups in total. The molecule has 0 aliphatic heterocycles. The van der Waals surface area contributed by atoms with E-state index in [1.54, 1.807) is 6.07 Å². The summed E-state index contributed by atoms with van der Waals surface area (Å²) in [7, 11) is 0. The van der Waals surface area contributed by atoms with Crippen molar-refractivity contribution in [3.05, 3.63) is 47.0 Å². The molecule has 0 saturated carbocycles. The molecule has 0 aliphatic rings. The van der Waals surface area contributed by atoms with Crippen molar-refractivity contribution >= 4 is 5.95 Å². The number of halogens is 1. The zero-order valence-electron chi connectivity index (χ0n) is 13.1. The van der Waals surface area contributed by atoms with Gasteiger partial charge in [-0.05, 0) is 49.9 Å². The number of hydrogen-bond acceptors (Lipinski definition) is 2. The van der Waals surface area contributed by atoms with Crippen LogP contribution in [0.4, 0.5) is 10.3 Å². The number of hydrogen-bond donors (Lipinski definition) is 1. The Morgan fingerprint density at radius 2 is 2.10 bits per heavy atom. The van der Waals surface area contributed by atoms with Gasteiger partial charge in [0.25, 0.3) is 0 Å². The third kappa shape index (κ3) is 4.31. The molecule has 1 aromatic heterocycles. The monoisotopic (exact) mass is 289 g/mol. The first-order valence-electron chi connectivity index (χ1n) is 7.63. The molecule has 0 amide bonds. The van der Waals surface area contributed by atoms with E-state index in [2.05, 4.69) is 28.0 Å². The lowest BCUT2D eigenvalue weighted by Gasteiger charge is -2.10. The van der Waals surface area contributed by atoms with Crippen LogP contribution in [0.2, 0.25) is 0 Å². The molecule has 0 fully saturated rings. The molecule has 4 heteroatoms. The maximum atomic E-state index is 13.1. The van der Waals surface area contributed by atoms with Crippen molar-refractivity contribution in [1.82, 2.24) is 9.55 Å². The largest absolute Gasteiger partial charge is 0.355 e. The first kappa shape index (κ1) is 15.5. The number of rotatable bonds is 7. The van der Waals surface area contributed by atoms with Gasteiger partial charge in [-0.15, -0.1) is 0 Å². The lowest BCUT2D eigenvalue weighted by atomic mass is 10.1. The van der Waals surface area contributed by atoms with Crippen molar-refractivity contribution in [2.24, 2.45) is 0 Å². The maximum Gasteiger partial charge on any atom is 0.203 e. The number of unbranched alkanes of at least 4 members (excludes halogenated alkanes) is 1. The summed E-state index contributed by atoms with van der Waals surface area (Å²) in [6.07, 6.45) is 5.28. The second-order valence-corrected chi connectivity index (χ2v) is 5.50. The topological polar surface area (TPSA) is 29.9 Å². The molecule has 1 aromatic carbocycles.